The summed E-state index contributed by atoms with van der Waals surface area (Å²) >= 11 is 0. The van der Waals surface area contributed by atoms with Gasteiger partial charge in [0, 0.05) is 6.42 Å². The molecule has 0 bridgehead atoms. The fourth-order valence-electron chi connectivity index (χ4n) is 1.53. The average Bonchev–Trinajstić information content (AvgIpc) is 2.23. The minimum atomic E-state index is -0.382. The number of nitrogens with two attached hydrogens (primary N) is 1. The van der Waals surface area contributed by atoms with Crippen LogP contribution in [0.1, 0.15) is 34.3 Å². The van der Waals surface area contributed by atoms with E-state index in [1.165, 1.54) is 0 Å². The van der Waals surface area contributed by atoms with Gasteiger partial charge < -0.3 is 10.5 Å². The lowest BCUT2D eigenvalue weighted by Crippen LogP contribution is -2.13. The van der Waals surface area contributed by atoms with Crippen LogP contribution in [0.5, 0.6) is 0 Å². The molecule has 0 saturated heterocycles. The number of esters is 1. The quantitative estimate of drug-likeness (QED) is 0.624. The highest BCUT2D eigenvalue weighted by Crippen LogP contribution is 2.11. The van der Waals surface area contributed by atoms with Gasteiger partial charge in [-0.2, -0.15) is 0 Å². The Labute approximate surface area is 101 Å². The first-order valence-electron chi connectivity index (χ1n) is 5.53. The van der Waals surface area contributed by atoms with Crippen molar-refractivity contribution in [2.75, 3.05) is 6.61 Å². The van der Waals surface area contributed by atoms with E-state index in [4.69, 9.17) is 10.5 Å². The Bertz CT molecular complexity index is 427. The van der Waals surface area contributed by atoms with Crippen LogP contribution < -0.4 is 5.73 Å². The van der Waals surface area contributed by atoms with Crippen LogP contribution in [0.2, 0.25) is 0 Å². The van der Waals surface area contributed by atoms with E-state index >= 15 is 0 Å². The van der Waals surface area contributed by atoms with Gasteiger partial charge in [-0.3, -0.25) is 4.79 Å². The molecule has 1 amide bonds. The fraction of sp³-hybridized carbons (Fsp3) is 0.385. The topological polar surface area (TPSA) is 69.4 Å². The Morgan fingerprint density at radius 3 is 2.59 bits per heavy atom. The SMILES string of the molecule is Cc1ccc(C(=O)OCCCC(N)=O)c(C)c1. The number of ether oxygens (including phenoxy) is 1. The Morgan fingerprint density at radius 1 is 1.29 bits per heavy atom. The monoisotopic (exact) mass is 235 g/mol. The second kappa shape index (κ2) is 6.03. The lowest BCUT2D eigenvalue weighted by molar-refractivity contribution is -0.118. The Morgan fingerprint density at radius 2 is 2.00 bits per heavy atom. The van der Waals surface area contributed by atoms with Crippen LogP contribution in [-0.4, -0.2) is 18.5 Å². The molecule has 0 aliphatic carbocycles. The highest BCUT2D eigenvalue weighted by Gasteiger charge is 2.10. The molecule has 0 aliphatic rings. The molecule has 0 fully saturated rings. The first-order chi connectivity index (χ1) is 8.00. The van der Waals surface area contributed by atoms with Crippen LogP contribution in [0.25, 0.3) is 0 Å². The van der Waals surface area contributed by atoms with Crippen molar-refractivity contribution >= 4 is 11.9 Å². The van der Waals surface area contributed by atoms with Crippen LogP contribution in [-0.2, 0) is 9.53 Å². The molecule has 1 aromatic rings. The molecular formula is C13H17NO3. The van der Waals surface area contributed by atoms with E-state index in [0.717, 1.165) is 11.1 Å². The summed E-state index contributed by atoms with van der Waals surface area (Å²) in [6.45, 7) is 4.05. The molecule has 17 heavy (non-hydrogen) atoms. The molecule has 1 rings (SSSR count). The summed E-state index contributed by atoms with van der Waals surface area (Å²) in [5.41, 5.74) is 7.54. The van der Waals surface area contributed by atoms with Gasteiger partial charge in [-0.25, -0.2) is 4.79 Å². The molecule has 2 N–H and O–H groups in total. The molecule has 0 spiro atoms. The number of benzene rings is 1. The molecule has 0 atom stereocenters. The molecule has 0 radical (unpaired) electrons. The molecule has 92 valence electrons. The summed E-state index contributed by atoms with van der Waals surface area (Å²) in [6, 6.07) is 5.55. The number of hydrogen-bond acceptors (Lipinski definition) is 3. The second-order valence-electron chi connectivity index (χ2n) is 4.02. The van der Waals surface area contributed by atoms with Crippen molar-refractivity contribution in [3.63, 3.8) is 0 Å². The van der Waals surface area contributed by atoms with Crippen molar-refractivity contribution < 1.29 is 14.3 Å². The van der Waals surface area contributed by atoms with Crippen molar-refractivity contribution in [3.05, 3.63) is 34.9 Å². The van der Waals surface area contributed by atoms with Crippen molar-refractivity contribution in [1.82, 2.24) is 0 Å². The third-order valence-corrected chi connectivity index (χ3v) is 2.40. The van der Waals surface area contributed by atoms with Gasteiger partial charge >= 0.3 is 5.97 Å². The fourth-order valence-corrected chi connectivity index (χ4v) is 1.53. The highest BCUT2D eigenvalue weighted by molar-refractivity contribution is 5.91. The van der Waals surface area contributed by atoms with Gasteiger partial charge in [-0.05, 0) is 31.9 Å². The van der Waals surface area contributed by atoms with E-state index in [0.29, 0.717) is 12.0 Å². The number of carbonyl (C=O) groups excluding carboxylic acids is 2. The van der Waals surface area contributed by atoms with Gasteiger partial charge in [0.05, 0.1) is 12.2 Å². The molecule has 4 nitrogen and oxygen atoms in total. The Kier molecular flexibility index (Phi) is 4.69. The molecule has 0 aliphatic heterocycles. The van der Waals surface area contributed by atoms with Crippen LogP contribution in [0.4, 0.5) is 0 Å². The van der Waals surface area contributed by atoms with Crippen molar-refractivity contribution in [2.24, 2.45) is 5.73 Å². The van der Waals surface area contributed by atoms with Gasteiger partial charge in [0.15, 0.2) is 0 Å². The summed E-state index contributed by atoms with van der Waals surface area (Å²) in [5.74, 6) is -0.737. The van der Waals surface area contributed by atoms with Crippen LogP contribution >= 0.6 is 0 Å². The molecule has 0 heterocycles. The van der Waals surface area contributed by atoms with Gasteiger partial charge in [-0.1, -0.05) is 17.7 Å². The standard InChI is InChI=1S/C13H17NO3/c1-9-5-6-11(10(2)8-9)13(16)17-7-3-4-12(14)15/h5-6,8H,3-4,7H2,1-2H3,(H2,14,15). The largest absolute Gasteiger partial charge is 0.462 e. The van der Waals surface area contributed by atoms with Crippen LogP contribution in [0.3, 0.4) is 0 Å². The summed E-state index contributed by atoms with van der Waals surface area (Å²) in [4.78, 5) is 22.2. The van der Waals surface area contributed by atoms with Gasteiger partial charge in [0.2, 0.25) is 5.91 Å². The lowest BCUT2D eigenvalue weighted by Gasteiger charge is -2.07. The minimum absolute atomic E-state index is 0.217. The first kappa shape index (κ1) is 13.2. The lowest BCUT2D eigenvalue weighted by atomic mass is 10.1. The van der Waals surface area contributed by atoms with E-state index in [1.807, 2.05) is 26.0 Å². The third-order valence-electron chi connectivity index (χ3n) is 2.40. The maximum absolute atomic E-state index is 11.7. The van der Waals surface area contributed by atoms with E-state index in [2.05, 4.69) is 0 Å². The average molecular weight is 235 g/mol. The van der Waals surface area contributed by atoms with Crippen molar-refractivity contribution in [3.8, 4) is 0 Å². The number of rotatable bonds is 5. The molecule has 1 aromatic carbocycles. The highest BCUT2D eigenvalue weighted by atomic mass is 16.5. The van der Waals surface area contributed by atoms with Gasteiger partial charge in [0.25, 0.3) is 0 Å². The maximum atomic E-state index is 11.7. The molecule has 0 saturated carbocycles. The third kappa shape index (κ3) is 4.26. The molecule has 0 aromatic heterocycles. The molecule has 0 unspecified atom stereocenters. The summed E-state index contributed by atoms with van der Waals surface area (Å²) in [6.07, 6.45) is 0.701. The van der Waals surface area contributed by atoms with E-state index < -0.39 is 0 Å². The van der Waals surface area contributed by atoms with Crippen LogP contribution in [0.15, 0.2) is 18.2 Å². The zero-order valence-corrected chi connectivity index (χ0v) is 10.2. The van der Waals surface area contributed by atoms with E-state index in [9.17, 15) is 9.59 Å². The zero-order valence-electron chi connectivity index (χ0n) is 10.2. The second-order valence-corrected chi connectivity index (χ2v) is 4.02. The Balaban J connectivity index is 2.50. The predicted octanol–water partition coefficient (Wildman–Crippen LogP) is 1.73. The zero-order chi connectivity index (χ0) is 12.8. The smallest absolute Gasteiger partial charge is 0.338 e. The van der Waals surface area contributed by atoms with Gasteiger partial charge in [-0.15, -0.1) is 0 Å². The number of aryl methyl sites for hydroxylation is 2. The number of hydrogen-bond donors (Lipinski definition) is 1. The van der Waals surface area contributed by atoms with Crippen molar-refractivity contribution in [1.29, 1.82) is 0 Å². The van der Waals surface area contributed by atoms with Crippen molar-refractivity contribution in [2.45, 2.75) is 26.7 Å². The molecular weight excluding hydrogens is 218 g/mol. The molecule has 4 heteroatoms. The summed E-state index contributed by atoms with van der Waals surface area (Å²) < 4.78 is 5.05. The Hall–Kier alpha value is -1.84. The van der Waals surface area contributed by atoms with Gasteiger partial charge in [0.1, 0.15) is 0 Å². The van der Waals surface area contributed by atoms with E-state index in [-0.39, 0.29) is 24.9 Å². The minimum Gasteiger partial charge on any atom is -0.462 e. The number of amides is 1. The summed E-state index contributed by atoms with van der Waals surface area (Å²) in [7, 11) is 0. The first-order valence-corrected chi connectivity index (χ1v) is 5.53. The number of carbonyl (C=O) groups is 2. The predicted molar refractivity (Wildman–Crippen MR) is 64.6 cm³/mol. The number of primary amides is 1. The normalized spacial score (nSPS) is 10.0. The summed E-state index contributed by atoms with van der Waals surface area (Å²) in [5, 5.41) is 0. The van der Waals surface area contributed by atoms with Crippen LogP contribution in [0, 0.1) is 13.8 Å². The van der Waals surface area contributed by atoms with E-state index in [1.54, 1.807) is 6.07 Å². The maximum Gasteiger partial charge on any atom is 0.338 e.